The molecule has 0 aliphatic carbocycles. The SMILES string of the molecule is COc1ccc(C=C2N=C(SCCOc3ccc(OC)cc3)N(c3cccc(OC)c3)C2=O)cc1. The van der Waals surface area contributed by atoms with Gasteiger partial charge in [-0.1, -0.05) is 30.0 Å². The molecule has 0 saturated carbocycles. The summed E-state index contributed by atoms with van der Waals surface area (Å²) in [5, 5.41) is 0.585. The number of anilines is 1. The van der Waals surface area contributed by atoms with E-state index in [2.05, 4.69) is 4.99 Å². The zero-order chi connectivity index (χ0) is 24.6. The number of thioether (sulfide) groups is 1. The van der Waals surface area contributed by atoms with Crippen molar-refractivity contribution >= 4 is 34.6 Å². The van der Waals surface area contributed by atoms with E-state index in [1.54, 1.807) is 32.3 Å². The van der Waals surface area contributed by atoms with Crippen LogP contribution in [0.1, 0.15) is 5.56 Å². The first kappa shape index (κ1) is 24.2. The number of amides is 1. The summed E-state index contributed by atoms with van der Waals surface area (Å²) in [5.74, 6) is 3.34. The van der Waals surface area contributed by atoms with Crippen LogP contribution in [-0.4, -0.2) is 44.8 Å². The van der Waals surface area contributed by atoms with E-state index in [1.807, 2.05) is 72.8 Å². The zero-order valence-electron chi connectivity index (χ0n) is 19.8. The van der Waals surface area contributed by atoms with Gasteiger partial charge < -0.3 is 18.9 Å². The Morgan fingerprint density at radius 3 is 2.11 bits per heavy atom. The molecule has 3 aromatic rings. The Morgan fingerprint density at radius 2 is 1.46 bits per heavy atom. The molecule has 0 spiro atoms. The number of benzene rings is 3. The van der Waals surface area contributed by atoms with Crippen molar-refractivity contribution in [1.29, 1.82) is 0 Å². The molecule has 35 heavy (non-hydrogen) atoms. The first-order valence-electron chi connectivity index (χ1n) is 10.9. The maximum Gasteiger partial charge on any atom is 0.283 e. The second-order valence-corrected chi connectivity index (χ2v) is 8.47. The van der Waals surface area contributed by atoms with Crippen molar-refractivity contribution in [3.8, 4) is 23.0 Å². The van der Waals surface area contributed by atoms with Crippen molar-refractivity contribution in [1.82, 2.24) is 0 Å². The maximum atomic E-state index is 13.4. The first-order chi connectivity index (χ1) is 17.1. The lowest BCUT2D eigenvalue weighted by Gasteiger charge is -2.18. The number of aliphatic imine (C=N–C) groups is 1. The highest BCUT2D eigenvalue weighted by atomic mass is 32.2. The number of methoxy groups -OCH3 is 3. The third kappa shape index (κ3) is 5.96. The van der Waals surface area contributed by atoms with E-state index in [1.165, 1.54) is 11.8 Å². The molecule has 180 valence electrons. The molecular formula is C27H26N2O5S. The van der Waals surface area contributed by atoms with E-state index in [4.69, 9.17) is 18.9 Å². The summed E-state index contributed by atoms with van der Waals surface area (Å²) in [7, 11) is 4.84. The van der Waals surface area contributed by atoms with E-state index in [0.717, 1.165) is 22.8 Å². The van der Waals surface area contributed by atoms with Gasteiger partial charge in [-0.25, -0.2) is 4.99 Å². The van der Waals surface area contributed by atoms with Gasteiger partial charge in [-0.15, -0.1) is 0 Å². The molecule has 1 aliphatic heterocycles. The molecule has 1 aliphatic rings. The summed E-state index contributed by atoms with van der Waals surface area (Å²) >= 11 is 1.46. The Hall–Kier alpha value is -3.91. The van der Waals surface area contributed by atoms with Crippen LogP contribution in [-0.2, 0) is 4.79 Å². The molecule has 1 amide bonds. The highest BCUT2D eigenvalue weighted by molar-refractivity contribution is 8.14. The fourth-order valence-corrected chi connectivity index (χ4v) is 4.22. The molecule has 0 fully saturated rings. The third-order valence-electron chi connectivity index (χ3n) is 5.20. The average Bonchev–Trinajstić information content (AvgIpc) is 3.21. The fourth-order valence-electron chi connectivity index (χ4n) is 3.39. The number of carbonyl (C=O) groups excluding carboxylic acids is 1. The van der Waals surface area contributed by atoms with Crippen molar-refractivity contribution in [2.24, 2.45) is 4.99 Å². The van der Waals surface area contributed by atoms with Crippen molar-refractivity contribution < 1.29 is 23.7 Å². The standard InChI is InChI=1S/C27H26N2O5S/c1-31-21-9-7-19(8-10-21)17-25-26(30)29(20-5-4-6-24(18-20)33-3)27(28-25)35-16-15-34-23-13-11-22(32-2)12-14-23/h4-14,17-18H,15-16H2,1-3H3. The van der Waals surface area contributed by atoms with Crippen LogP contribution in [0.3, 0.4) is 0 Å². The van der Waals surface area contributed by atoms with Crippen LogP contribution in [0, 0.1) is 0 Å². The van der Waals surface area contributed by atoms with Gasteiger partial charge in [-0.2, -0.15) is 0 Å². The first-order valence-corrected chi connectivity index (χ1v) is 11.9. The van der Waals surface area contributed by atoms with E-state index in [-0.39, 0.29) is 5.91 Å². The number of carbonyl (C=O) groups is 1. The summed E-state index contributed by atoms with van der Waals surface area (Å²) in [6.07, 6.45) is 1.77. The summed E-state index contributed by atoms with van der Waals surface area (Å²) < 4.78 is 21.6. The number of ether oxygens (including phenoxy) is 4. The Morgan fingerprint density at radius 1 is 0.829 bits per heavy atom. The zero-order valence-corrected chi connectivity index (χ0v) is 20.6. The largest absolute Gasteiger partial charge is 0.497 e. The van der Waals surface area contributed by atoms with Crippen molar-refractivity contribution in [3.63, 3.8) is 0 Å². The van der Waals surface area contributed by atoms with Crippen molar-refractivity contribution in [2.45, 2.75) is 0 Å². The van der Waals surface area contributed by atoms with Crippen LogP contribution in [0.2, 0.25) is 0 Å². The molecule has 8 heteroatoms. The van der Waals surface area contributed by atoms with E-state index in [9.17, 15) is 4.79 Å². The van der Waals surface area contributed by atoms with Crippen LogP contribution in [0.25, 0.3) is 6.08 Å². The molecule has 3 aromatic carbocycles. The van der Waals surface area contributed by atoms with Gasteiger partial charge in [0.1, 0.15) is 28.7 Å². The van der Waals surface area contributed by atoms with Crippen LogP contribution in [0.4, 0.5) is 5.69 Å². The minimum absolute atomic E-state index is 0.201. The molecule has 0 saturated heterocycles. The summed E-state index contributed by atoms with van der Waals surface area (Å²) in [6.45, 7) is 0.452. The molecule has 0 unspecified atom stereocenters. The van der Waals surface area contributed by atoms with Crippen LogP contribution < -0.4 is 23.8 Å². The predicted octanol–water partition coefficient (Wildman–Crippen LogP) is 5.27. The lowest BCUT2D eigenvalue weighted by molar-refractivity contribution is -0.113. The summed E-state index contributed by atoms with van der Waals surface area (Å²) in [4.78, 5) is 19.6. The van der Waals surface area contributed by atoms with Gasteiger partial charge in [0.05, 0.1) is 33.6 Å². The van der Waals surface area contributed by atoms with Gasteiger partial charge >= 0.3 is 0 Å². The maximum absolute atomic E-state index is 13.4. The van der Waals surface area contributed by atoms with E-state index in [0.29, 0.717) is 34.7 Å². The van der Waals surface area contributed by atoms with Crippen LogP contribution >= 0.6 is 11.8 Å². The lowest BCUT2D eigenvalue weighted by Crippen LogP contribution is -2.30. The molecule has 1 heterocycles. The molecule has 0 radical (unpaired) electrons. The minimum Gasteiger partial charge on any atom is -0.497 e. The Kier molecular flexibility index (Phi) is 7.95. The molecule has 4 rings (SSSR count). The van der Waals surface area contributed by atoms with Crippen LogP contribution in [0.5, 0.6) is 23.0 Å². The highest BCUT2D eigenvalue weighted by Gasteiger charge is 2.32. The summed E-state index contributed by atoms with van der Waals surface area (Å²) in [5.41, 5.74) is 1.91. The molecule has 7 nitrogen and oxygen atoms in total. The second-order valence-electron chi connectivity index (χ2n) is 7.41. The Labute approximate surface area is 209 Å². The number of hydrogen-bond acceptors (Lipinski definition) is 7. The predicted molar refractivity (Wildman–Crippen MR) is 140 cm³/mol. The minimum atomic E-state index is -0.201. The fraction of sp³-hybridized carbons (Fsp3) is 0.185. The van der Waals surface area contributed by atoms with E-state index >= 15 is 0 Å². The van der Waals surface area contributed by atoms with Crippen molar-refractivity contribution in [2.75, 3.05) is 38.6 Å². The molecule has 0 N–H and O–H groups in total. The molecular weight excluding hydrogens is 464 g/mol. The normalized spacial score (nSPS) is 14.1. The Bertz CT molecular complexity index is 1220. The average molecular weight is 491 g/mol. The highest BCUT2D eigenvalue weighted by Crippen LogP contribution is 2.31. The molecule has 0 atom stereocenters. The smallest absolute Gasteiger partial charge is 0.283 e. The lowest BCUT2D eigenvalue weighted by atomic mass is 10.2. The number of hydrogen-bond donors (Lipinski definition) is 0. The molecule has 0 bridgehead atoms. The summed E-state index contributed by atoms with van der Waals surface area (Å²) in [6, 6.07) is 22.3. The number of nitrogens with zero attached hydrogens (tertiary/aromatic N) is 2. The van der Waals surface area contributed by atoms with Crippen LogP contribution in [0.15, 0.2) is 83.5 Å². The van der Waals surface area contributed by atoms with Crippen molar-refractivity contribution in [3.05, 3.63) is 84.1 Å². The van der Waals surface area contributed by atoms with Gasteiger partial charge in [0.15, 0.2) is 5.17 Å². The Balaban J connectivity index is 1.52. The van der Waals surface area contributed by atoms with E-state index < -0.39 is 0 Å². The van der Waals surface area contributed by atoms with Gasteiger partial charge in [0.25, 0.3) is 5.91 Å². The molecule has 0 aromatic heterocycles. The monoisotopic (exact) mass is 490 g/mol. The van der Waals surface area contributed by atoms with Gasteiger partial charge in [-0.05, 0) is 60.2 Å². The van der Waals surface area contributed by atoms with Gasteiger partial charge in [0.2, 0.25) is 0 Å². The van der Waals surface area contributed by atoms with Gasteiger partial charge in [-0.3, -0.25) is 9.69 Å². The number of rotatable bonds is 9. The van der Waals surface area contributed by atoms with Gasteiger partial charge in [0, 0.05) is 11.8 Å². The second kappa shape index (κ2) is 11.5. The quantitative estimate of drug-likeness (QED) is 0.301. The topological polar surface area (TPSA) is 69.6 Å². The number of amidine groups is 1. The third-order valence-corrected chi connectivity index (χ3v) is 6.11.